The molecule has 0 amide bonds. The van der Waals surface area contributed by atoms with Gasteiger partial charge in [0.05, 0.1) is 0 Å². The summed E-state index contributed by atoms with van der Waals surface area (Å²) in [7, 11) is 0. The van der Waals surface area contributed by atoms with Gasteiger partial charge in [-0.15, -0.1) is 0 Å². The molecule has 0 aromatic heterocycles. The number of aldehydes is 2. The third kappa shape index (κ3) is 33.9. The lowest BCUT2D eigenvalue weighted by molar-refractivity contribution is -0.108. The zero-order valence-corrected chi connectivity index (χ0v) is 19.9. The molecule has 0 saturated heterocycles. The molecule has 0 spiro atoms. The van der Waals surface area contributed by atoms with E-state index in [1.165, 1.54) is 70.6 Å². The summed E-state index contributed by atoms with van der Waals surface area (Å²) in [4.78, 5) is 20.1. The van der Waals surface area contributed by atoms with Crippen molar-refractivity contribution in [2.75, 3.05) is 0 Å². The number of carbonyl (C=O) groups is 2. The van der Waals surface area contributed by atoms with Gasteiger partial charge in [-0.3, -0.25) is 0 Å². The van der Waals surface area contributed by atoms with Gasteiger partial charge in [0.2, 0.25) is 0 Å². The maximum Gasteiger partial charge on any atom is 0.120 e. The van der Waals surface area contributed by atoms with Crippen LogP contribution in [0.4, 0.5) is 0 Å². The van der Waals surface area contributed by atoms with E-state index in [9.17, 15) is 9.59 Å². The van der Waals surface area contributed by atoms with Crippen molar-refractivity contribution in [2.24, 2.45) is 0 Å². The van der Waals surface area contributed by atoms with Gasteiger partial charge >= 0.3 is 0 Å². The zero-order valence-electron chi connectivity index (χ0n) is 19.9. The van der Waals surface area contributed by atoms with Crippen LogP contribution in [-0.4, -0.2) is 12.6 Å². The second-order valence-corrected chi connectivity index (χ2v) is 7.61. The van der Waals surface area contributed by atoms with E-state index in [0.29, 0.717) is 6.42 Å². The first-order valence-corrected chi connectivity index (χ1v) is 12.3. The Bertz CT molecular complexity index is 444. The molecule has 0 fully saturated rings. The lowest BCUT2D eigenvalue weighted by atomic mass is 10.1. The van der Waals surface area contributed by atoms with Gasteiger partial charge in [-0.05, 0) is 44.9 Å². The molecule has 0 aliphatic heterocycles. The first kappa shape index (κ1) is 30.5. The third-order valence-corrected chi connectivity index (χ3v) is 4.60. The van der Waals surface area contributed by atoms with E-state index in [2.05, 4.69) is 62.5 Å². The van der Waals surface area contributed by atoms with Crippen LogP contribution in [0.2, 0.25) is 0 Å². The van der Waals surface area contributed by atoms with E-state index in [1.807, 2.05) is 0 Å². The van der Waals surface area contributed by atoms with Crippen molar-refractivity contribution in [3.05, 3.63) is 48.6 Å². The predicted octanol–water partition coefficient (Wildman–Crippen LogP) is 8.88. The van der Waals surface area contributed by atoms with Gasteiger partial charge < -0.3 is 9.59 Å². The molecule has 0 radical (unpaired) electrons. The molecule has 0 aromatic rings. The van der Waals surface area contributed by atoms with Gasteiger partial charge in [0.15, 0.2) is 0 Å². The van der Waals surface area contributed by atoms with Crippen molar-refractivity contribution < 1.29 is 9.59 Å². The van der Waals surface area contributed by atoms with Gasteiger partial charge in [-0.25, -0.2) is 0 Å². The summed E-state index contributed by atoms with van der Waals surface area (Å²) in [6, 6.07) is 0. The fourth-order valence-corrected chi connectivity index (χ4v) is 2.68. The molecule has 0 aromatic carbocycles. The fraction of sp³-hybridized carbons (Fsp3) is 0.643. The van der Waals surface area contributed by atoms with E-state index in [-0.39, 0.29) is 0 Å². The summed E-state index contributed by atoms with van der Waals surface area (Å²) in [5, 5.41) is 0. The SMILES string of the molecule is CCCC/C=C/C=C/CCCCCCCC=O.CCCC/C=C\C=C\CCCC=O. The van der Waals surface area contributed by atoms with E-state index in [1.54, 1.807) is 0 Å². The molecule has 30 heavy (non-hydrogen) atoms. The van der Waals surface area contributed by atoms with Crippen LogP contribution in [0.25, 0.3) is 0 Å². The van der Waals surface area contributed by atoms with E-state index >= 15 is 0 Å². The lowest BCUT2D eigenvalue weighted by Gasteiger charge is -1.96. The van der Waals surface area contributed by atoms with E-state index < -0.39 is 0 Å². The first-order chi connectivity index (χ1) is 14.8. The highest BCUT2D eigenvalue weighted by Gasteiger charge is 1.89. The third-order valence-electron chi connectivity index (χ3n) is 4.60. The molecule has 0 unspecified atom stereocenters. The first-order valence-electron chi connectivity index (χ1n) is 12.3. The predicted molar refractivity (Wildman–Crippen MR) is 134 cm³/mol. The fourth-order valence-electron chi connectivity index (χ4n) is 2.68. The van der Waals surface area contributed by atoms with Crippen LogP contribution < -0.4 is 0 Å². The van der Waals surface area contributed by atoms with Gasteiger partial charge in [0, 0.05) is 12.8 Å². The highest BCUT2D eigenvalue weighted by molar-refractivity contribution is 5.49. The van der Waals surface area contributed by atoms with Crippen molar-refractivity contribution in [2.45, 2.75) is 117 Å². The summed E-state index contributed by atoms with van der Waals surface area (Å²) < 4.78 is 0. The minimum absolute atomic E-state index is 0.684. The summed E-state index contributed by atoms with van der Waals surface area (Å²) in [6.07, 6.45) is 37.5. The highest BCUT2D eigenvalue weighted by atomic mass is 16.1. The Morgan fingerprint density at radius 3 is 1.17 bits per heavy atom. The number of rotatable bonds is 20. The molecule has 2 nitrogen and oxygen atoms in total. The molecule has 0 atom stereocenters. The van der Waals surface area contributed by atoms with Gasteiger partial charge in [0.25, 0.3) is 0 Å². The van der Waals surface area contributed by atoms with Gasteiger partial charge in [0.1, 0.15) is 12.6 Å². The highest BCUT2D eigenvalue weighted by Crippen LogP contribution is 2.07. The number of carbonyl (C=O) groups excluding carboxylic acids is 2. The van der Waals surface area contributed by atoms with Crippen LogP contribution in [0.1, 0.15) is 117 Å². The minimum atomic E-state index is 0.684. The quantitative estimate of drug-likeness (QED) is 0.113. The smallest absolute Gasteiger partial charge is 0.120 e. The summed E-state index contributed by atoms with van der Waals surface area (Å²) >= 11 is 0. The lowest BCUT2D eigenvalue weighted by Crippen LogP contribution is -1.79. The van der Waals surface area contributed by atoms with Crippen LogP contribution in [0.5, 0.6) is 0 Å². The number of hydrogen-bond donors (Lipinski definition) is 0. The largest absolute Gasteiger partial charge is 0.303 e. The molecule has 0 saturated carbocycles. The topological polar surface area (TPSA) is 34.1 Å². The average Bonchev–Trinajstić information content (AvgIpc) is 2.76. The molecule has 0 aliphatic rings. The summed E-state index contributed by atoms with van der Waals surface area (Å²) in [5.74, 6) is 0. The Balaban J connectivity index is 0. The molecule has 0 rings (SSSR count). The number of allylic oxidation sites excluding steroid dienone is 8. The Labute approximate surface area is 187 Å². The standard InChI is InChI=1S/C16H28O.C12H20O/c1-2-3-4-5-6-7-8-9-10-11-12-13-14-15-16-17;1-2-3-4-5-6-7-8-9-10-11-12-13/h5-8,16H,2-4,9-15H2,1H3;5-8,12H,2-4,9-11H2,1H3/b6-5+,8-7+;6-5-,8-7+. The summed E-state index contributed by atoms with van der Waals surface area (Å²) in [5.41, 5.74) is 0. The second-order valence-electron chi connectivity index (χ2n) is 7.61. The molecule has 172 valence electrons. The number of hydrogen-bond acceptors (Lipinski definition) is 2. The normalized spacial score (nSPS) is 11.5. The molecule has 0 heterocycles. The van der Waals surface area contributed by atoms with Crippen LogP contribution in [0, 0.1) is 0 Å². The van der Waals surface area contributed by atoms with Crippen molar-refractivity contribution in [3.63, 3.8) is 0 Å². The van der Waals surface area contributed by atoms with Gasteiger partial charge in [-0.2, -0.15) is 0 Å². The number of unbranched alkanes of at least 4 members (excludes halogenated alkanes) is 12. The van der Waals surface area contributed by atoms with Crippen molar-refractivity contribution in [1.82, 2.24) is 0 Å². The van der Waals surface area contributed by atoms with Gasteiger partial charge in [-0.1, -0.05) is 107 Å². The van der Waals surface area contributed by atoms with E-state index in [4.69, 9.17) is 0 Å². The van der Waals surface area contributed by atoms with Crippen LogP contribution in [0.3, 0.4) is 0 Å². The monoisotopic (exact) mass is 416 g/mol. The Morgan fingerprint density at radius 2 is 0.733 bits per heavy atom. The van der Waals surface area contributed by atoms with E-state index in [0.717, 1.165) is 38.3 Å². The Hall–Kier alpha value is -1.70. The summed E-state index contributed by atoms with van der Waals surface area (Å²) in [6.45, 7) is 4.42. The van der Waals surface area contributed by atoms with Crippen molar-refractivity contribution in [1.29, 1.82) is 0 Å². The zero-order chi connectivity index (χ0) is 22.4. The molecule has 0 aliphatic carbocycles. The Kier molecular flexibility index (Phi) is 32.5. The average molecular weight is 417 g/mol. The molecule has 0 N–H and O–H groups in total. The minimum Gasteiger partial charge on any atom is -0.303 e. The molecule has 0 bridgehead atoms. The van der Waals surface area contributed by atoms with Crippen LogP contribution in [-0.2, 0) is 9.59 Å². The maximum absolute atomic E-state index is 10.1. The van der Waals surface area contributed by atoms with Crippen molar-refractivity contribution >= 4 is 12.6 Å². The second kappa shape index (κ2) is 32.0. The van der Waals surface area contributed by atoms with Crippen LogP contribution >= 0.6 is 0 Å². The molecule has 2 heteroatoms. The maximum atomic E-state index is 10.1. The molecular weight excluding hydrogens is 368 g/mol. The van der Waals surface area contributed by atoms with Crippen molar-refractivity contribution in [3.8, 4) is 0 Å². The molecular formula is C28H48O2. The Morgan fingerprint density at radius 1 is 0.400 bits per heavy atom. The van der Waals surface area contributed by atoms with Crippen LogP contribution in [0.15, 0.2) is 48.6 Å².